The van der Waals surface area contributed by atoms with E-state index in [1.54, 1.807) is 19.1 Å². The number of carbonyl (C=O) groups is 1. The molecule has 20 heavy (non-hydrogen) atoms. The van der Waals surface area contributed by atoms with Crippen LogP contribution in [0.15, 0.2) is 29.4 Å². The van der Waals surface area contributed by atoms with E-state index in [9.17, 15) is 4.79 Å². The van der Waals surface area contributed by atoms with Crippen LogP contribution in [-0.2, 0) is 9.53 Å². The molecule has 2 aromatic rings. The Morgan fingerprint density at radius 1 is 1.45 bits per heavy atom. The summed E-state index contributed by atoms with van der Waals surface area (Å²) in [5, 5.41) is 8.91. The standard InChI is InChI=1S/C12H13ClN4O2S/c1-2-19-10(18)7-20-12-16-15-11(17(12)14)8-5-3-4-6-9(8)13/h3-6H,2,7,14H2,1H3. The third-order valence-electron chi connectivity index (χ3n) is 2.40. The van der Waals surface area contributed by atoms with Gasteiger partial charge in [0.05, 0.1) is 17.4 Å². The van der Waals surface area contributed by atoms with Crippen molar-refractivity contribution in [1.82, 2.24) is 14.9 Å². The Bertz CT molecular complexity index is 617. The number of hydrogen-bond donors (Lipinski definition) is 1. The van der Waals surface area contributed by atoms with E-state index in [2.05, 4.69) is 10.2 Å². The number of nitrogens with two attached hydrogens (primary N) is 1. The number of nitrogens with zero attached hydrogens (tertiary/aromatic N) is 3. The molecule has 0 amide bonds. The fourth-order valence-corrected chi connectivity index (χ4v) is 2.40. The molecule has 0 spiro atoms. The van der Waals surface area contributed by atoms with Crippen molar-refractivity contribution < 1.29 is 9.53 Å². The zero-order valence-corrected chi connectivity index (χ0v) is 12.3. The van der Waals surface area contributed by atoms with E-state index in [-0.39, 0.29) is 11.7 Å². The quantitative estimate of drug-likeness (QED) is 0.516. The van der Waals surface area contributed by atoms with Crippen molar-refractivity contribution in [2.75, 3.05) is 18.2 Å². The predicted octanol–water partition coefficient (Wildman–Crippen LogP) is 1.97. The molecule has 6 nitrogen and oxygen atoms in total. The summed E-state index contributed by atoms with van der Waals surface area (Å²) >= 11 is 7.25. The topological polar surface area (TPSA) is 83.0 Å². The van der Waals surface area contributed by atoms with Crippen LogP contribution in [0.1, 0.15) is 6.92 Å². The highest BCUT2D eigenvalue weighted by Gasteiger charge is 2.15. The van der Waals surface area contributed by atoms with E-state index in [4.69, 9.17) is 22.2 Å². The minimum absolute atomic E-state index is 0.131. The SMILES string of the molecule is CCOC(=O)CSc1nnc(-c2ccccc2Cl)n1N. The molecule has 0 bridgehead atoms. The van der Waals surface area contributed by atoms with Crippen molar-refractivity contribution in [2.45, 2.75) is 12.1 Å². The molecule has 0 saturated carbocycles. The number of thioether (sulfide) groups is 1. The molecule has 0 aliphatic heterocycles. The zero-order valence-electron chi connectivity index (χ0n) is 10.7. The molecule has 106 valence electrons. The smallest absolute Gasteiger partial charge is 0.316 e. The van der Waals surface area contributed by atoms with Crippen LogP contribution in [0.3, 0.4) is 0 Å². The van der Waals surface area contributed by atoms with Gasteiger partial charge in [0.25, 0.3) is 0 Å². The van der Waals surface area contributed by atoms with Gasteiger partial charge in [-0.25, -0.2) is 4.68 Å². The fraction of sp³-hybridized carbons (Fsp3) is 0.250. The average Bonchev–Trinajstić information content (AvgIpc) is 2.79. The zero-order chi connectivity index (χ0) is 14.5. The molecular formula is C12H13ClN4O2S. The van der Waals surface area contributed by atoms with Crippen molar-refractivity contribution in [3.05, 3.63) is 29.3 Å². The average molecular weight is 313 g/mol. The van der Waals surface area contributed by atoms with Gasteiger partial charge in [-0.1, -0.05) is 35.5 Å². The van der Waals surface area contributed by atoms with Crippen LogP contribution in [0.25, 0.3) is 11.4 Å². The van der Waals surface area contributed by atoms with Crippen LogP contribution < -0.4 is 5.84 Å². The second kappa shape index (κ2) is 6.62. The van der Waals surface area contributed by atoms with Crippen LogP contribution in [-0.4, -0.2) is 33.2 Å². The summed E-state index contributed by atoms with van der Waals surface area (Å²) in [6.07, 6.45) is 0. The predicted molar refractivity (Wildman–Crippen MR) is 78.0 cm³/mol. The first kappa shape index (κ1) is 14.7. The second-order valence-electron chi connectivity index (χ2n) is 3.75. The lowest BCUT2D eigenvalue weighted by molar-refractivity contribution is -0.139. The fourth-order valence-electron chi connectivity index (χ4n) is 1.53. The molecule has 0 fully saturated rings. The molecule has 0 saturated heterocycles. The maximum atomic E-state index is 11.3. The summed E-state index contributed by atoms with van der Waals surface area (Å²) in [5.41, 5.74) is 0.687. The summed E-state index contributed by atoms with van der Waals surface area (Å²) in [6.45, 7) is 2.10. The number of nitrogen functional groups attached to an aromatic ring is 1. The second-order valence-corrected chi connectivity index (χ2v) is 5.10. The molecule has 0 aliphatic rings. The lowest BCUT2D eigenvalue weighted by atomic mass is 10.2. The van der Waals surface area contributed by atoms with E-state index in [0.717, 1.165) is 11.8 Å². The molecule has 2 N–H and O–H groups in total. The lowest BCUT2D eigenvalue weighted by Crippen LogP contribution is -2.13. The number of carbonyl (C=O) groups excluding carboxylic acids is 1. The number of hydrogen-bond acceptors (Lipinski definition) is 6. The largest absolute Gasteiger partial charge is 0.465 e. The van der Waals surface area contributed by atoms with Gasteiger partial charge >= 0.3 is 5.97 Å². The van der Waals surface area contributed by atoms with Gasteiger partial charge in [-0.3, -0.25) is 4.79 Å². The molecule has 1 aromatic carbocycles. The third kappa shape index (κ3) is 3.23. The number of aromatic nitrogens is 3. The molecule has 0 atom stereocenters. The van der Waals surface area contributed by atoms with Crippen molar-refractivity contribution in [3.8, 4) is 11.4 Å². The number of ether oxygens (including phenoxy) is 1. The van der Waals surface area contributed by atoms with Gasteiger partial charge in [-0.2, -0.15) is 0 Å². The van der Waals surface area contributed by atoms with Crippen LogP contribution in [0.5, 0.6) is 0 Å². The van der Waals surface area contributed by atoms with Gasteiger partial charge in [-0.05, 0) is 19.1 Å². The van der Waals surface area contributed by atoms with Crippen LogP contribution in [0.2, 0.25) is 5.02 Å². The summed E-state index contributed by atoms with van der Waals surface area (Å²) < 4.78 is 6.15. The molecule has 8 heteroatoms. The normalized spacial score (nSPS) is 10.5. The van der Waals surface area contributed by atoms with Crippen LogP contribution in [0, 0.1) is 0 Å². The minimum Gasteiger partial charge on any atom is -0.465 e. The van der Waals surface area contributed by atoms with E-state index in [1.807, 2.05) is 12.1 Å². The highest BCUT2D eigenvalue weighted by Crippen LogP contribution is 2.27. The van der Waals surface area contributed by atoms with Gasteiger partial charge < -0.3 is 10.6 Å². The van der Waals surface area contributed by atoms with Crippen LogP contribution >= 0.6 is 23.4 Å². The van der Waals surface area contributed by atoms with Gasteiger partial charge in [0, 0.05) is 5.56 Å². The monoisotopic (exact) mass is 312 g/mol. The third-order valence-corrected chi connectivity index (χ3v) is 3.65. The molecule has 1 heterocycles. The summed E-state index contributed by atoms with van der Waals surface area (Å²) in [4.78, 5) is 11.3. The Morgan fingerprint density at radius 2 is 2.20 bits per heavy atom. The highest BCUT2D eigenvalue weighted by molar-refractivity contribution is 7.99. The minimum atomic E-state index is -0.320. The van der Waals surface area contributed by atoms with Crippen molar-refractivity contribution in [3.63, 3.8) is 0 Å². The van der Waals surface area contributed by atoms with Crippen molar-refractivity contribution in [1.29, 1.82) is 0 Å². The molecule has 0 radical (unpaired) electrons. The highest BCUT2D eigenvalue weighted by atomic mass is 35.5. The number of halogens is 1. The lowest BCUT2D eigenvalue weighted by Gasteiger charge is -2.05. The van der Waals surface area contributed by atoms with E-state index < -0.39 is 0 Å². The first-order valence-corrected chi connectivity index (χ1v) is 7.23. The van der Waals surface area contributed by atoms with E-state index in [1.165, 1.54) is 4.68 Å². The van der Waals surface area contributed by atoms with Gasteiger partial charge in [0.15, 0.2) is 5.82 Å². The first-order valence-electron chi connectivity index (χ1n) is 5.87. The number of rotatable bonds is 5. The Labute approximate surface area is 125 Å². The van der Waals surface area contributed by atoms with Gasteiger partial charge in [-0.15, -0.1) is 10.2 Å². The number of benzene rings is 1. The molecule has 0 aliphatic carbocycles. The van der Waals surface area contributed by atoms with E-state index in [0.29, 0.717) is 28.2 Å². The Morgan fingerprint density at radius 3 is 2.90 bits per heavy atom. The van der Waals surface area contributed by atoms with Crippen molar-refractivity contribution >= 4 is 29.3 Å². The maximum absolute atomic E-state index is 11.3. The summed E-state index contributed by atoms with van der Waals surface area (Å²) in [6, 6.07) is 7.20. The van der Waals surface area contributed by atoms with Gasteiger partial charge in [0.2, 0.25) is 5.16 Å². The Kier molecular flexibility index (Phi) is 4.86. The van der Waals surface area contributed by atoms with Crippen LogP contribution in [0.4, 0.5) is 0 Å². The van der Waals surface area contributed by atoms with Crippen molar-refractivity contribution in [2.24, 2.45) is 0 Å². The number of esters is 1. The summed E-state index contributed by atoms with van der Waals surface area (Å²) in [7, 11) is 0. The first-order chi connectivity index (χ1) is 9.63. The molecule has 2 rings (SSSR count). The molecule has 1 aromatic heterocycles. The molecule has 0 unspecified atom stereocenters. The Balaban J connectivity index is 2.15. The van der Waals surface area contributed by atoms with E-state index >= 15 is 0 Å². The summed E-state index contributed by atoms with van der Waals surface area (Å²) in [5.74, 6) is 6.18. The maximum Gasteiger partial charge on any atom is 0.316 e. The van der Waals surface area contributed by atoms with Gasteiger partial charge in [0.1, 0.15) is 0 Å². The molecular weight excluding hydrogens is 300 g/mol. The Hall–Kier alpha value is -1.73.